The van der Waals surface area contributed by atoms with Crippen LogP contribution in [-0.2, 0) is 27.1 Å². The number of amides is 3. The second kappa shape index (κ2) is 11.0. The van der Waals surface area contributed by atoms with E-state index in [1.54, 1.807) is 12.1 Å². The number of anilines is 2. The van der Waals surface area contributed by atoms with E-state index in [0.29, 0.717) is 21.2 Å². The van der Waals surface area contributed by atoms with Gasteiger partial charge < -0.3 is 5.32 Å². The Kier molecular flexibility index (Phi) is 7.43. The summed E-state index contributed by atoms with van der Waals surface area (Å²) in [6, 6.07) is 15.6. The summed E-state index contributed by atoms with van der Waals surface area (Å²) in [6.45, 7) is -0.551. The highest BCUT2D eigenvalue weighted by Gasteiger charge is 2.56. The predicted molar refractivity (Wildman–Crippen MR) is 154 cm³/mol. The van der Waals surface area contributed by atoms with Gasteiger partial charge in [0.05, 0.1) is 22.2 Å². The van der Waals surface area contributed by atoms with Crippen molar-refractivity contribution in [1.29, 1.82) is 0 Å². The summed E-state index contributed by atoms with van der Waals surface area (Å²) < 4.78 is 54.4. The van der Waals surface area contributed by atoms with Crippen molar-refractivity contribution in [3.05, 3.63) is 109 Å². The van der Waals surface area contributed by atoms with Crippen LogP contribution in [0.4, 0.5) is 28.9 Å². The van der Waals surface area contributed by atoms with Crippen molar-refractivity contribution in [2.45, 2.75) is 28.9 Å². The van der Waals surface area contributed by atoms with Gasteiger partial charge in [-0.15, -0.1) is 0 Å². The van der Waals surface area contributed by atoms with Gasteiger partial charge in [-0.3, -0.25) is 23.7 Å². The zero-order chi connectivity index (χ0) is 30.6. The summed E-state index contributed by atoms with van der Waals surface area (Å²) in [7, 11) is 0. The van der Waals surface area contributed by atoms with Crippen molar-refractivity contribution in [1.82, 2.24) is 4.57 Å². The van der Waals surface area contributed by atoms with Crippen LogP contribution in [-0.4, -0.2) is 27.5 Å². The molecule has 4 aromatic rings. The van der Waals surface area contributed by atoms with Crippen LogP contribution in [0.1, 0.15) is 21.9 Å². The zero-order valence-electron chi connectivity index (χ0n) is 21.6. The van der Waals surface area contributed by atoms with Crippen LogP contribution >= 0.6 is 34.7 Å². The number of carbonyl (C=O) groups excluding carboxylic acids is 3. The molecule has 6 rings (SSSR count). The first-order valence-electron chi connectivity index (χ1n) is 12.7. The van der Waals surface area contributed by atoms with Crippen molar-refractivity contribution in [2.75, 3.05) is 10.2 Å². The normalized spacial score (nSPS) is 19.7. The average Bonchev–Trinajstić information content (AvgIpc) is 3.40. The number of hydrogen-bond acceptors (Lipinski definition) is 6. The number of thioether (sulfide) groups is 1. The molecule has 2 aliphatic heterocycles. The molecule has 3 atom stereocenters. The van der Waals surface area contributed by atoms with Gasteiger partial charge in [0, 0.05) is 21.5 Å². The van der Waals surface area contributed by atoms with E-state index in [1.165, 1.54) is 42.5 Å². The number of aromatic nitrogens is 1. The molecule has 43 heavy (non-hydrogen) atoms. The van der Waals surface area contributed by atoms with Gasteiger partial charge in [-0.05, 0) is 60.2 Å². The molecule has 0 aliphatic carbocycles. The Morgan fingerprint density at radius 3 is 2.33 bits per heavy atom. The number of alkyl halides is 3. The summed E-state index contributed by atoms with van der Waals surface area (Å²) in [6.07, 6.45) is -4.61. The molecule has 0 spiro atoms. The fourth-order valence-corrected chi connectivity index (χ4v) is 8.15. The van der Waals surface area contributed by atoms with Crippen molar-refractivity contribution in [2.24, 2.45) is 5.92 Å². The van der Waals surface area contributed by atoms with Crippen LogP contribution in [0.3, 0.4) is 0 Å². The van der Waals surface area contributed by atoms with Crippen molar-refractivity contribution in [3.63, 3.8) is 0 Å². The lowest BCUT2D eigenvalue weighted by molar-refractivity contribution is -0.137. The summed E-state index contributed by atoms with van der Waals surface area (Å²) >= 11 is 7.76. The molecule has 1 N–H and O–H groups in total. The maximum atomic E-state index is 13.9. The van der Waals surface area contributed by atoms with Crippen molar-refractivity contribution >= 4 is 63.8 Å². The van der Waals surface area contributed by atoms with Gasteiger partial charge in [0.1, 0.15) is 17.6 Å². The maximum absolute atomic E-state index is 13.9. The van der Waals surface area contributed by atoms with Gasteiger partial charge in [0.15, 0.2) is 0 Å². The van der Waals surface area contributed by atoms with Gasteiger partial charge in [0.25, 0.3) is 0 Å². The summed E-state index contributed by atoms with van der Waals surface area (Å²) in [4.78, 5) is 54.6. The first-order valence-corrected chi connectivity index (χ1v) is 14.8. The zero-order valence-corrected chi connectivity index (χ0v) is 24.0. The van der Waals surface area contributed by atoms with Crippen LogP contribution in [0.2, 0.25) is 5.02 Å². The lowest BCUT2D eigenvalue weighted by Crippen LogP contribution is -2.33. The number of nitrogens with zero attached hydrogens (tertiary/aromatic N) is 2. The standard InChI is InChI=1S/C29H18ClF4N3O4S2/c30-16-6-10-19(11-7-16)37-25(39)22-21(14-4-8-17(31)9-5-14)24-27(42-23(22)26(37)40)36(28(41)43-24)13-20(38)35-18-3-1-2-15(12-18)29(32,33)34/h1-12,21-23H,13H2,(H,35,38)/t21-,22?,23?/m0/s1. The number of imide groups is 1. The molecule has 0 saturated carbocycles. The summed E-state index contributed by atoms with van der Waals surface area (Å²) in [5, 5.41) is 2.10. The van der Waals surface area contributed by atoms with E-state index in [4.69, 9.17) is 11.6 Å². The maximum Gasteiger partial charge on any atom is 0.416 e. The van der Waals surface area contributed by atoms with E-state index in [9.17, 15) is 36.7 Å². The number of benzene rings is 3. The first-order chi connectivity index (χ1) is 20.4. The topological polar surface area (TPSA) is 88.5 Å². The summed E-state index contributed by atoms with van der Waals surface area (Å²) in [5.74, 6) is -4.05. The smallest absolute Gasteiger partial charge is 0.325 e. The van der Waals surface area contributed by atoms with Crippen LogP contribution in [0, 0.1) is 11.7 Å². The molecule has 1 aromatic heterocycles. The number of hydrogen-bond donors (Lipinski definition) is 1. The highest BCUT2D eigenvalue weighted by Crippen LogP contribution is 2.54. The molecular formula is C29H18ClF4N3O4S2. The SMILES string of the molecule is O=C(Cn1c2c(sc1=O)[C@@H](c1ccc(F)cc1)C1C(=O)N(c3ccc(Cl)cc3)C(=O)C1S2)Nc1cccc(C(F)(F)F)c1. The largest absolute Gasteiger partial charge is 0.416 e. The third kappa shape index (κ3) is 5.36. The minimum absolute atomic E-state index is 0.107. The Bertz CT molecular complexity index is 1820. The Hall–Kier alpha value is -3.94. The number of fused-ring (bicyclic) bond motifs is 2. The Labute approximate surface area is 254 Å². The second-order valence-electron chi connectivity index (χ2n) is 9.83. The number of carbonyl (C=O) groups is 3. The van der Waals surface area contributed by atoms with Gasteiger partial charge in [-0.25, -0.2) is 9.29 Å². The molecule has 2 unspecified atom stereocenters. The molecule has 1 saturated heterocycles. The molecule has 0 radical (unpaired) electrons. The van der Waals surface area contributed by atoms with Crippen LogP contribution in [0.5, 0.6) is 0 Å². The fraction of sp³-hybridized carbons (Fsp3) is 0.172. The van der Waals surface area contributed by atoms with E-state index in [2.05, 4.69) is 5.32 Å². The third-order valence-corrected chi connectivity index (χ3v) is 9.99. The molecule has 7 nitrogen and oxygen atoms in total. The van der Waals surface area contributed by atoms with E-state index in [0.717, 1.165) is 50.8 Å². The van der Waals surface area contributed by atoms with Crippen LogP contribution in [0.25, 0.3) is 0 Å². The Morgan fingerprint density at radius 2 is 1.65 bits per heavy atom. The molecule has 3 aromatic carbocycles. The van der Waals surface area contributed by atoms with Crippen LogP contribution in [0.15, 0.2) is 82.6 Å². The minimum atomic E-state index is -4.61. The Morgan fingerprint density at radius 1 is 0.953 bits per heavy atom. The number of rotatable bonds is 5. The lowest BCUT2D eigenvalue weighted by atomic mass is 9.83. The van der Waals surface area contributed by atoms with Gasteiger partial charge in [-0.2, -0.15) is 13.2 Å². The lowest BCUT2D eigenvalue weighted by Gasteiger charge is -2.30. The van der Waals surface area contributed by atoms with Crippen molar-refractivity contribution < 1.29 is 31.9 Å². The number of thiazole rings is 1. The van der Waals surface area contributed by atoms with Gasteiger partial charge in [-0.1, -0.05) is 52.9 Å². The average molecular weight is 648 g/mol. The molecule has 220 valence electrons. The molecular weight excluding hydrogens is 630 g/mol. The van der Waals surface area contributed by atoms with Crippen molar-refractivity contribution in [3.8, 4) is 0 Å². The van der Waals surface area contributed by atoms with E-state index in [1.807, 2.05) is 0 Å². The number of nitrogens with one attached hydrogen (secondary N) is 1. The van der Waals surface area contributed by atoms with E-state index < -0.39 is 63.8 Å². The molecule has 0 bridgehead atoms. The molecule has 2 aliphatic rings. The molecule has 3 amide bonds. The third-order valence-electron chi connectivity index (χ3n) is 7.14. The molecule has 1 fully saturated rings. The fourth-order valence-electron chi connectivity index (χ4n) is 5.25. The van der Waals surface area contributed by atoms with E-state index in [-0.39, 0.29) is 10.7 Å². The highest BCUT2D eigenvalue weighted by atomic mass is 35.5. The minimum Gasteiger partial charge on any atom is -0.325 e. The first kappa shape index (κ1) is 29.1. The van der Waals surface area contributed by atoms with Gasteiger partial charge >= 0.3 is 11.0 Å². The predicted octanol–water partition coefficient (Wildman–Crippen LogP) is 6.16. The Balaban J connectivity index is 1.37. The molecule has 3 heterocycles. The monoisotopic (exact) mass is 647 g/mol. The van der Waals surface area contributed by atoms with E-state index >= 15 is 0 Å². The second-order valence-corrected chi connectivity index (χ2v) is 12.4. The quantitative estimate of drug-likeness (QED) is 0.207. The number of halogens is 5. The van der Waals surface area contributed by atoms with Crippen LogP contribution < -0.4 is 15.1 Å². The summed E-state index contributed by atoms with van der Waals surface area (Å²) in [5.41, 5.74) is -0.245. The molecule has 14 heteroatoms. The van der Waals surface area contributed by atoms with Gasteiger partial charge in [0.2, 0.25) is 17.7 Å². The highest BCUT2D eigenvalue weighted by molar-refractivity contribution is 8.00.